The van der Waals surface area contributed by atoms with E-state index in [1.807, 2.05) is 29.1 Å². The standard InChI is InChI=1S/C15H20N2O3/c1-18-8-9-19-13-5-6-14-12(10-13)11-16-17(14)15-4-2-3-7-20-15/h5-6,10-11,15H,2-4,7-9H2,1H3. The maximum Gasteiger partial charge on any atom is 0.150 e. The molecule has 0 radical (unpaired) electrons. The van der Waals surface area contributed by atoms with Crippen LogP contribution in [0.4, 0.5) is 0 Å². The Kier molecular flexibility index (Phi) is 4.18. The molecule has 0 bridgehead atoms. The number of methoxy groups -OCH3 is 1. The van der Waals surface area contributed by atoms with E-state index in [0.29, 0.717) is 13.2 Å². The van der Waals surface area contributed by atoms with Gasteiger partial charge in [0.25, 0.3) is 0 Å². The van der Waals surface area contributed by atoms with Crippen LogP contribution in [0.15, 0.2) is 24.4 Å². The molecule has 1 fully saturated rings. The third-order valence-corrected chi connectivity index (χ3v) is 3.55. The summed E-state index contributed by atoms with van der Waals surface area (Å²) in [7, 11) is 1.67. The van der Waals surface area contributed by atoms with Gasteiger partial charge in [-0.25, -0.2) is 4.68 Å². The predicted molar refractivity (Wildman–Crippen MR) is 75.9 cm³/mol. The minimum absolute atomic E-state index is 0.0708. The van der Waals surface area contributed by atoms with Gasteiger partial charge in [0.15, 0.2) is 6.23 Å². The number of rotatable bonds is 5. The Morgan fingerprint density at radius 3 is 3.10 bits per heavy atom. The number of benzene rings is 1. The minimum Gasteiger partial charge on any atom is -0.491 e. The van der Waals surface area contributed by atoms with Crippen molar-refractivity contribution in [3.63, 3.8) is 0 Å². The van der Waals surface area contributed by atoms with Gasteiger partial charge in [-0.15, -0.1) is 0 Å². The third-order valence-electron chi connectivity index (χ3n) is 3.55. The number of hydrogen-bond donors (Lipinski definition) is 0. The molecule has 0 aliphatic carbocycles. The van der Waals surface area contributed by atoms with E-state index in [2.05, 4.69) is 5.10 Å². The molecular weight excluding hydrogens is 256 g/mol. The summed E-state index contributed by atoms with van der Waals surface area (Å²) in [5.41, 5.74) is 1.09. The molecule has 0 amide bonds. The van der Waals surface area contributed by atoms with Crippen LogP contribution in [-0.4, -0.2) is 36.7 Å². The monoisotopic (exact) mass is 276 g/mol. The van der Waals surface area contributed by atoms with Crippen LogP contribution < -0.4 is 4.74 Å². The third kappa shape index (κ3) is 2.78. The second kappa shape index (κ2) is 6.24. The quantitative estimate of drug-likeness (QED) is 0.788. The van der Waals surface area contributed by atoms with Crippen LogP contribution in [0.5, 0.6) is 5.75 Å². The summed E-state index contributed by atoms with van der Waals surface area (Å²) < 4.78 is 18.4. The zero-order valence-corrected chi connectivity index (χ0v) is 11.7. The molecule has 1 saturated heterocycles. The van der Waals surface area contributed by atoms with E-state index in [4.69, 9.17) is 14.2 Å². The Balaban J connectivity index is 1.78. The Morgan fingerprint density at radius 1 is 1.35 bits per heavy atom. The highest BCUT2D eigenvalue weighted by molar-refractivity contribution is 5.80. The Labute approximate surface area is 118 Å². The summed E-state index contributed by atoms with van der Waals surface area (Å²) in [5.74, 6) is 0.846. The zero-order chi connectivity index (χ0) is 13.8. The van der Waals surface area contributed by atoms with Crippen molar-refractivity contribution < 1.29 is 14.2 Å². The lowest BCUT2D eigenvalue weighted by atomic mass is 10.2. The number of aromatic nitrogens is 2. The maximum absolute atomic E-state index is 5.79. The van der Waals surface area contributed by atoms with Crippen molar-refractivity contribution in [1.82, 2.24) is 9.78 Å². The molecule has 5 nitrogen and oxygen atoms in total. The van der Waals surface area contributed by atoms with Gasteiger partial charge in [-0.1, -0.05) is 0 Å². The van der Waals surface area contributed by atoms with E-state index in [1.165, 1.54) is 6.42 Å². The van der Waals surface area contributed by atoms with Crippen molar-refractivity contribution in [3.8, 4) is 5.75 Å². The Bertz CT molecular complexity index is 561. The van der Waals surface area contributed by atoms with Gasteiger partial charge in [0.1, 0.15) is 12.4 Å². The van der Waals surface area contributed by atoms with Gasteiger partial charge in [0.05, 0.1) is 18.3 Å². The van der Waals surface area contributed by atoms with Crippen molar-refractivity contribution in [2.24, 2.45) is 0 Å². The number of hydrogen-bond acceptors (Lipinski definition) is 4. The lowest BCUT2D eigenvalue weighted by molar-refractivity contribution is -0.0366. The van der Waals surface area contributed by atoms with E-state index in [0.717, 1.165) is 36.1 Å². The van der Waals surface area contributed by atoms with Crippen molar-refractivity contribution in [3.05, 3.63) is 24.4 Å². The minimum atomic E-state index is 0.0708. The first-order valence-corrected chi connectivity index (χ1v) is 7.09. The molecule has 0 N–H and O–H groups in total. The molecule has 5 heteroatoms. The van der Waals surface area contributed by atoms with Gasteiger partial charge < -0.3 is 14.2 Å². The number of fused-ring (bicyclic) bond motifs is 1. The van der Waals surface area contributed by atoms with E-state index in [1.54, 1.807) is 7.11 Å². The highest BCUT2D eigenvalue weighted by atomic mass is 16.5. The summed E-state index contributed by atoms with van der Waals surface area (Å²) >= 11 is 0. The maximum atomic E-state index is 5.79. The van der Waals surface area contributed by atoms with Crippen LogP contribution in [0.3, 0.4) is 0 Å². The Hall–Kier alpha value is -1.59. The van der Waals surface area contributed by atoms with Gasteiger partial charge in [-0.05, 0) is 37.5 Å². The van der Waals surface area contributed by atoms with Crippen LogP contribution in [0.2, 0.25) is 0 Å². The van der Waals surface area contributed by atoms with E-state index < -0.39 is 0 Å². The predicted octanol–water partition coefficient (Wildman–Crippen LogP) is 2.76. The highest BCUT2D eigenvalue weighted by Crippen LogP contribution is 2.27. The molecule has 108 valence electrons. The summed E-state index contributed by atoms with van der Waals surface area (Å²) in [6, 6.07) is 6.03. The average molecular weight is 276 g/mol. The molecule has 2 aromatic rings. The smallest absolute Gasteiger partial charge is 0.150 e. The molecule has 0 spiro atoms. The van der Waals surface area contributed by atoms with Crippen molar-refractivity contribution in [2.45, 2.75) is 25.5 Å². The average Bonchev–Trinajstić information content (AvgIpc) is 2.91. The zero-order valence-electron chi connectivity index (χ0n) is 11.7. The fourth-order valence-electron chi connectivity index (χ4n) is 2.51. The normalized spacial score (nSPS) is 19.4. The highest BCUT2D eigenvalue weighted by Gasteiger charge is 2.18. The molecular formula is C15H20N2O3. The van der Waals surface area contributed by atoms with Crippen molar-refractivity contribution >= 4 is 10.9 Å². The summed E-state index contributed by atoms with van der Waals surface area (Å²) in [6.07, 6.45) is 5.32. The SMILES string of the molecule is COCCOc1ccc2c(cnn2C2CCCCO2)c1. The lowest BCUT2D eigenvalue weighted by Gasteiger charge is -2.23. The van der Waals surface area contributed by atoms with Crippen LogP contribution in [0.1, 0.15) is 25.5 Å². The molecule has 1 atom stereocenters. The molecule has 1 aromatic heterocycles. The molecule has 1 aromatic carbocycles. The van der Waals surface area contributed by atoms with E-state index in [-0.39, 0.29) is 6.23 Å². The first kappa shape index (κ1) is 13.4. The molecule has 1 aliphatic heterocycles. The molecule has 20 heavy (non-hydrogen) atoms. The Morgan fingerprint density at radius 2 is 2.30 bits per heavy atom. The molecule has 3 rings (SSSR count). The van der Waals surface area contributed by atoms with Crippen LogP contribution in [0.25, 0.3) is 10.9 Å². The van der Waals surface area contributed by atoms with Gasteiger partial charge in [-0.2, -0.15) is 5.10 Å². The lowest BCUT2D eigenvalue weighted by Crippen LogP contribution is -2.18. The molecule has 0 saturated carbocycles. The fourth-order valence-corrected chi connectivity index (χ4v) is 2.51. The van der Waals surface area contributed by atoms with E-state index in [9.17, 15) is 0 Å². The molecule has 1 unspecified atom stereocenters. The van der Waals surface area contributed by atoms with Crippen LogP contribution in [0, 0.1) is 0 Å². The number of nitrogens with zero attached hydrogens (tertiary/aromatic N) is 2. The summed E-state index contributed by atoms with van der Waals surface area (Å²) in [5, 5.41) is 5.55. The fraction of sp³-hybridized carbons (Fsp3) is 0.533. The van der Waals surface area contributed by atoms with Crippen molar-refractivity contribution in [1.29, 1.82) is 0 Å². The topological polar surface area (TPSA) is 45.5 Å². The van der Waals surface area contributed by atoms with Crippen molar-refractivity contribution in [2.75, 3.05) is 26.9 Å². The van der Waals surface area contributed by atoms with Gasteiger partial charge in [0.2, 0.25) is 0 Å². The first-order valence-electron chi connectivity index (χ1n) is 7.09. The summed E-state index contributed by atoms with van der Waals surface area (Å²) in [4.78, 5) is 0. The second-order valence-corrected chi connectivity index (χ2v) is 4.97. The number of ether oxygens (including phenoxy) is 3. The van der Waals surface area contributed by atoms with Crippen LogP contribution >= 0.6 is 0 Å². The largest absolute Gasteiger partial charge is 0.491 e. The second-order valence-electron chi connectivity index (χ2n) is 4.97. The van der Waals surface area contributed by atoms with Crippen LogP contribution in [-0.2, 0) is 9.47 Å². The van der Waals surface area contributed by atoms with Gasteiger partial charge in [-0.3, -0.25) is 0 Å². The first-order chi connectivity index (χ1) is 9.88. The van der Waals surface area contributed by atoms with E-state index >= 15 is 0 Å². The molecule has 1 aliphatic rings. The molecule has 2 heterocycles. The van der Waals surface area contributed by atoms with Gasteiger partial charge in [0, 0.05) is 19.1 Å². The summed E-state index contributed by atoms with van der Waals surface area (Å²) in [6.45, 7) is 1.97. The van der Waals surface area contributed by atoms with Gasteiger partial charge >= 0.3 is 0 Å².